The molecule has 0 radical (unpaired) electrons. The summed E-state index contributed by atoms with van der Waals surface area (Å²) in [6, 6.07) is 13.7. The van der Waals surface area contributed by atoms with Gasteiger partial charge >= 0.3 is 0 Å². The first kappa shape index (κ1) is 16.5. The van der Waals surface area contributed by atoms with E-state index in [1.165, 1.54) is 0 Å². The lowest BCUT2D eigenvalue weighted by Crippen LogP contribution is -2.37. The zero-order valence-electron chi connectivity index (χ0n) is 14.4. The van der Waals surface area contributed by atoms with Gasteiger partial charge in [0, 0.05) is 37.2 Å². The molecule has 26 heavy (non-hydrogen) atoms. The summed E-state index contributed by atoms with van der Waals surface area (Å²) in [4.78, 5) is 15.6. The maximum absolute atomic E-state index is 5.80. The van der Waals surface area contributed by atoms with Crippen LogP contribution in [0.3, 0.4) is 0 Å². The van der Waals surface area contributed by atoms with Gasteiger partial charge in [-0.1, -0.05) is 6.07 Å². The van der Waals surface area contributed by atoms with Crippen LogP contribution < -0.4 is 9.64 Å². The maximum atomic E-state index is 5.80. The number of pyridine rings is 1. The maximum Gasteiger partial charge on any atom is 0.155 e. The summed E-state index contributed by atoms with van der Waals surface area (Å²) >= 11 is 0. The Balaban J connectivity index is 1.50. The number of benzene rings is 1. The van der Waals surface area contributed by atoms with Crippen LogP contribution in [0, 0.1) is 0 Å². The van der Waals surface area contributed by atoms with Gasteiger partial charge in [0.1, 0.15) is 18.1 Å². The van der Waals surface area contributed by atoms with Gasteiger partial charge in [0.05, 0.1) is 18.9 Å². The fourth-order valence-corrected chi connectivity index (χ4v) is 2.89. The van der Waals surface area contributed by atoms with Crippen molar-refractivity contribution in [1.29, 1.82) is 0 Å². The Labute approximate surface area is 152 Å². The minimum atomic E-state index is 0.449. The molecule has 0 unspecified atom stereocenters. The van der Waals surface area contributed by atoms with Crippen molar-refractivity contribution in [1.82, 2.24) is 15.0 Å². The second-order valence-corrected chi connectivity index (χ2v) is 5.96. The van der Waals surface area contributed by atoms with E-state index in [-0.39, 0.29) is 0 Å². The molecule has 1 aliphatic rings. The van der Waals surface area contributed by atoms with Crippen molar-refractivity contribution in [2.45, 2.75) is 6.61 Å². The zero-order chi connectivity index (χ0) is 17.6. The van der Waals surface area contributed by atoms with E-state index >= 15 is 0 Å². The van der Waals surface area contributed by atoms with E-state index in [2.05, 4.69) is 19.9 Å². The van der Waals surface area contributed by atoms with Gasteiger partial charge < -0.3 is 14.4 Å². The summed E-state index contributed by atoms with van der Waals surface area (Å²) in [6.45, 7) is 3.55. The minimum absolute atomic E-state index is 0.449. The molecule has 0 atom stereocenters. The molecule has 1 aliphatic heterocycles. The Kier molecular flexibility index (Phi) is 5.02. The number of hydrogen-bond donors (Lipinski definition) is 0. The van der Waals surface area contributed by atoms with Crippen LogP contribution in [0.1, 0.15) is 5.69 Å². The first-order chi connectivity index (χ1) is 12.9. The van der Waals surface area contributed by atoms with Crippen LogP contribution in [0.25, 0.3) is 11.3 Å². The van der Waals surface area contributed by atoms with Crippen molar-refractivity contribution in [3.63, 3.8) is 0 Å². The molecule has 0 amide bonds. The topological polar surface area (TPSA) is 60.4 Å². The second-order valence-electron chi connectivity index (χ2n) is 5.96. The highest BCUT2D eigenvalue weighted by Gasteiger charge is 2.17. The highest BCUT2D eigenvalue weighted by atomic mass is 16.5. The largest absolute Gasteiger partial charge is 0.487 e. The molecule has 0 spiro atoms. The molecular weight excluding hydrogens is 328 g/mol. The first-order valence-corrected chi connectivity index (χ1v) is 8.67. The molecular formula is C20H20N4O2. The Bertz CT molecular complexity index is 834. The molecule has 4 rings (SSSR count). The van der Waals surface area contributed by atoms with Crippen molar-refractivity contribution in [2.75, 3.05) is 31.2 Å². The van der Waals surface area contributed by atoms with Crippen molar-refractivity contribution in [2.24, 2.45) is 0 Å². The highest BCUT2D eigenvalue weighted by Crippen LogP contribution is 2.28. The lowest BCUT2D eigenvalue weighted by molar-refractivity contribution is 0.122. The summed E-state index contributed by atoms with van der Waals surface area (Å²) in [5.74, 6) is 1.70. The van der Waals surface area contributed by atoms with Crippen LogP contribution in [0.2, 0.25) is 0 Å². The third-order valence-corrected chi connectivity index (χ3v) is 4.23. The highest BCUT2D eigenvalue weighted by molar-refractivity contribution is 5.72. The number of hydrogen-bond acceptors (Lipinski definition) is 6. The number of anilines is 1. The Morgan fingerprint density at radius 1 is 0.885 bits per heavy atom. The summed E-state index contributed by atoms with van der Waals surface area (Å²) in [5.41, 5.74) is 2.80. The second kappa shape index (κ2) is 7.93. The van der Waals surface area contributed by atoms with E-state index in [9.17, 15) is 0 Å². The van der Waals surface area contributed by atoms with Gasteiger partial charge in [0.25, 0.3) is 0 Å². The van der Waals surface area contributed by atoms with Crippen LogP contribution in [-0.2, 0) is 11.3 Å². The average Bonchev–Trinajstić information content (AvgIpc) is 2.74. The number of nitrogens with zero attached hydrogens (tertiary/aromatic N) is 4. The summed E-state index contributed by atoms with van der Waals surface area (Å²) in [5, 5.41) is 0. The van der Waals surface area contributed by atoms with Crippen molar-refractivity contribution in [3.05, 3.63) is 66.7 Å². The predicted molar refractivity (Wildman–Crippen MR) is 99.1 cm³/mol. The van der Waals surface area contributed by atoms with E-state index in [1.54, 1.807) is 18.6 Å². The van der Waals surface area contributed by atoms with Gasteiger partial charge in [-0.2, -0.15) is 0 Å². The van der Waals surface area contributed by atoms with Gasteiger partial charge in [0.15, 0.2) is 5.82 Å². The van der Waals surface area contributed by atoms with Crippen molar-refractivity contribution < 1.29 is 9.47 Å². The van der Waals surface area contributed by atoms with E-state index in [0.29, 0.717) is 6.61 Å². The van der Waals surface area contributed by atoms with Gasteiger partial charge in [-0.25, -0.2) is 4.98 Å². The molecule has 1 saturated heterocycles. The summed E-state index contributed by atoms with van der Waals surface area (Å²) < 4.78 is 11.2. The van der Waals surface area contributed by atoms with Crippen LogP contribution in [0.4, 0.5) is 5.82 Å². The van der Waals surface area contributed by atoms with E-state index in [4.69, 9.17) is 9.47 Å². The van der Waals surface area contributed by atoms with Crippen LogP contribution >= 0.6 is 0 Å². The quantitative estimate of drug-likeness (QED) is 0.706. The van der Waals surface area contributed by atoms with Gasteiger partial charge in [-0.15, -0.1) is 0 Å². The molecule has 0 N–H and O–H groups in total. The lowest BCUT2D eigenvalue weighted by Gasteiger charge is -2.28. The molecule has 0 saturated carbocycles. The van der Waals surface area contributed by atoms with E-state index < -0.39 is 0 Å². The summed E-state index contributed by atoms with van der Waals surface area (Å²) in [6.07, 6.45) is 5.23. The molecule has 6 nitrogen and oxygen atoms in total. The van der Waals surface area contributed by atoms with E-state index in [0.717, 1.165) is 54.8 Å². The van der Waals surface area contributed by atoms with Crippen molar-refractivity contribution >= 4 is 5.82 Å². The number of morpholine rings is 1. The minimum Gasteiger partial charge on any atom is -0.487 e. The molecule has 2 aromatic heterocycles. The Morgan fingerprint density at radius 2 is 1.69 bits per heavy atom. The Hall–Kier alpha value is -2.99. The van der Waals surface area contributed by atoms with Crippen LogP contribution in [0.5, 0.6) is 5.75 Å². The third kappa shape index (κ3) is 3.81. The number of aromatic nitrogens is 3. The standard InChI is InChI=1S/C20H20N4O2/c1-2-8-21-17(3-1)15-26-18-6-4-16(5-7-18)19-20(23-10-9-22-19)24-11-13-25-14-12-24/h1-10H,11-15H2. The fraction of sp³-hybridized carbons (Fsp3) is 0.250. The normalized spacial score (nSPS) is 14.2. The molecule has 1 fully saturated rings. The molecule has 3 heterocycles. The molecule has 0 aliphatic carbocycles. The van der Waals surface area contributed by atoms with Crippen LogP contribution in [0.15, 0.2) is 61.1 Å². The number of ether oxygens (including phenoxy) is 2. The summed E-state index contributed by atoms with van der Waals surface area (Å²) in [7, 11) is 0. The van der Waals surface area contributed by atoms with Gasteiger partial charge in [0.2, 0.25) is 0 Å². The monoisotopic (exact) mass is 348 g/mol. The molecule has 132 valence electrons. The number of rotatable bonds is 5. The first-order valence-electron chi connectivity index (χ1n) is 8.67. The lowest BCUT2D eigenvalue weighted by atomic mass is 10.1. The van der Waals surface area contributed by atoms with E-state index in [1.807, 2.05) is 42.5 Å². The van der Waals surface area contributed by atoms with Crippen molar-refractivity contribution in [3.8, 4) is 17.0 Å². The van der Waals surface area contributed by atoms with Gasteiger partial charge in [-0.3, -0.25) is 9.97 Å². The smallest absolute Gasteiger partial charge is 0.155 e. The fourth-order valence-electron chi connectivity index (χ4n) is 2.89. The predicted octanol–water partition coefficient (Wildman–Crippen LogP) is 2.95. The molecule has 3 aromatic rings. The Morgan fingerprint density at radius 3 is 2.46 bits per heavy atom. The molecule has 1 aromatic carbocycles. The third-order valence-electron chi connectivity index (χ3n) is 4.23. The average molecular weight is 348 g/mol. The van der Waals surface area contributed by atoms with Crippen LogP contribution in [-0.4, -0.2) is 41.3 Å². The molecule has 6 heteroatoms. The van der Waals surface area contributed by atoms with Gasteiger partial charge in [-0.05, 0) is 36.4 Å². The zero-order valence-corrected chi connectivity index (χ0v) is 14.4. The SMILES string of the molecule is c1ccc(COc2ccc(-c3nccnc3N3CCOCC3)cc2)nc1. The molecule has 0 bridgehead atoms.